The van der Waals surface area contributed by atoms with E-state index in [1.54, 1.807) is 11.3 Å². The normalized spacial score (nSPS) is 30.9. The number of hydrogen-bond donors (Lipinski definition) is 1. The first-order valence-corrected chi connectivity index (χ1v) is 12.7. The number of amides is 1. The zero-order chi connectivity index (χ0) is 21.4. The Kier molecular flexibility index (Phi) is 6.00. The number of fused-ring (bicyclic) bond motifs is 3. The van der Waals surface area contributed by atoms with E-state index in [-0.39, 0.29) is 36.4 Å². The van der Waals surface area contributed by atoms with Gasteiger partial charge in [0.1, 0.15) is 0 Å². The van der Waals surface area contributed by atoms with Gasteiger partial charge in [-0.05, 0) is 68.9 Å². The van der Waals surface area contributed by atoms with Crippen molar-refractivity contribution in [2.75, 3.05) is 6.61 Å². The highest BCUT2D eigenvalue weighted by molar-refractivity contribution is 7.18. The Morgan fingerprint density at radius 3 is 2.77 bits per heavy atom. The number of carbonyl (C=O) groups excluding carboxylic acids is 2. The second-order valence-corrected chi connectivity index (χ2v) is 10.9. The molecular weight excluding hydrogens is 408 g/mol. The second-order valence-electron chi connectivity index (χ2n) is 9.82. The van der Waals surface area contributed by atoms with Crippen LogP contribution in [0.15, 0.2) is 24.3 Å². The molecule has 1 N–H and O–H groups in total. The molecule has 0 aliphatic heterocycles. The maximum absolute atomic E-state index is 12.9. The maximum atomic E-state index is 12.9. The standard InChI is InChI=1S/C25H32N2O3S/c1-15(20-13-16-10-11-17(20)12-16)26-23(28)14-30-25(29)19-7-3-2-6-18(19)24-27-21-8-4-5-9-22(21)31-24/h4-5,8-9,15-20H,2-3,6-7,10-14H2,1H3,(H,26,28). The topological polar surface area (TPSA) is 68.3 Å². The molecular formula is C25H32N2O3S. The zero-order valence-electron chi connectivity index (χ0n) is 18.2. The SMILES string of the molecule is CC(NC(=O)COC(=O)C1CCCCC1c1nc2ccccc2s1)C1CC2CCC1C2. The van der Waals surface area contributed by atoms with Crippen molar-refractivity contribution in [1.82, 2.24) is 10.3 Å². The van der Waals surface area contributed by atoms with Crippen LogP contribution in [0.25, 0.3) is 10.2 Å². The van der Waals surface area contributed by atoms with Crippen LogP contribution >= 0.6 is 11.3 Å². The molecule has 5 nitrogen and oxygen atoms in total. The average molecular weight is 441 g/mol. The third-order valence-electron chi connectivity index (χ3n) is 7.87. The molecule has 3 saturated carbocycles. The largest absolute Gasteiger partial charge is 0.455 e. The Morgan fingerprint density at radius 1 is 1.16 bits per heavy atom. The predicted octanol–water partition coefficient (Wildman–Crippen LogP) is 5.05. The highest BCUT2D eigenvalue weighted by Gasteiger charge is 2.42. The molecule has 0 saturated heterocycles. The predicted molar refractivity (Wildman–Crippen MR) is 122 cm³/mol. The molecule has 6 atom stereocenters. The fourth-order valence-electron chi connectivity index (χ4n) is 6.31. The first-order chi connectivity index (χ1) is 15.1. The monoisotopic (exact) mass is 440 g/mol. The number of esters is 1. The summed E-state index contributed by atoms with van der Waals surface area (Å²) in [7, 11) is 0. The van der Waals surface area contributed by atoms with Gasteiger partial charge in [-0.3, -0.25) is 9.59 Å². The molecule has 6 heteroatoms. The summed E-state index contributed by atoms with van der Waals surface area (Å²) in [5.41, 5.74) is 0.995. The molecule has 1 amide bonds. The van der Waals surface area contributed by atoms with E-state index in [4.69, 9.17) is 9.72 Å². The van der Waals surface area contributed by atoms with Crippen LogP contribution in [-0.4, -0.2) is 29.5 Å². The Morgan fingerprint density at radius 2 is 2.00 bits per heavy atom. The van der Waals surface area contributed by atoms with Crippen molar-refractivity contribution in [3.05, 3.63) is 29.3 Å². The minimum Gasteiger partial charge on any atom is -0.455 e. The van der Waals surface area contributed by atoms with Crippen LogP contribution in [0, 0.1) is 23.7 Å². The second kappa shape index (κ2) is 8.89. The summed E-state index contributed by atoms with van der Waals surface area (Å²) in [5.74, 6) is 1.68. The number of hydrogen-bond acceptors (Lipinski definition) is 5. The highest BCUT2D eigenvalue weighted by Crippen LogP contribution is 2.49. The minimum absolute atomic E-state index is 0.0923. The van der Waals surface area contributed by atoms with Crippen LogP contribution in [0.4, 0.5) is 0 Å². The first-order valence-electron chi connectivity index (χ1n) is 11.9. The lowest BCUT2D eigenvalue weighted by molar-refractivity contribution is -0.154. The van der Waals surface area contributed by atoms with Gasteiger partial charge in [0, 0.05) is 12.0 Å². The van der Waals surface area contributed by atoms with Crippen LogP contribution in [0.5, 0.6) is 0 Å². The van der Waals surface area contributed by atoms with Crippen LogP contribution < -0.4 is 5.32 Å². The summed E-state index contributed by atoms with van der Waals surface area (Å²) in [4.78, 5) is 30.2. The number of ether oxygens (including phenoxy) is 1. The van der Waals surface area contributed by atoms with Crippen molar-refractivity contribution in [2.45, 2.75) is 70.3 Å². The quantitative estimate of drug-likeness (QED) is 0.638. The molecule has 2 bridgehead atoms. The number of nitrogens with one attached hydrogen (secondary N) is 1. The lowest BCUT2D eigenvalue weighted by Crippen LogP contribution is -2.42. The molecule has 166 valence electrons. The van der Waals surface area contributed by atoms with Crippen molar-refractivity contribution in [3.63, 3.8) is 0 Å². The fraction of sp³-hybridized carbons (Fsp3) is 0.640. The Bertz CT molecular complexity index is 924. The van der Waals surface area contributed by atoms with Gasteiger partial charge in [-0.25, -0.2) is 4.98 Å². The Hall–Kier alpha value is -1.95. The van der Waals surface area contributed by atoms with Crippen LogP contribution in [-0.2, 0) is 14.3 Å². The number of benzene rings is 1. The van der Waals surface area contributed by atoms with Gasteiger partial charge in [0.25, 0.3) is 5.91 Å². The third-order valence-corrected chi connectivity index (χ3v) is 9.03. The molecule has 5 rings (SSSR count). The summed E-state index contributed by atoms with van der Waals surface area (Å²) in [5, 5.41) is 4.12. The lowest BCUT2D eigenvalue weighted by Gasteiger charge is -2.29. The molecule has 0 radical (unpaired) electrons. The van der Waals surface area contributed by atoms with E-state index in [1.807, 2.05) is 18.2 Å². The molecule has 0 spiro atoms. The summed E-state index contributed by atoms with van der Waals surface area (Å²) in [6, 6.07) is 8.27. The van der Waals surface area contributed by atoms with Crippen LogP contribution in [0.2, 0.25) is 0 Å². The highest BCUT2D eigenvalue weighted by atomic mass is 32.1. The summed E-state index contributed by atoms with van der Waals surface area (Å²) in [6.07, 6.45) is 9.11. The van der Waals surface area contributed by atoms with Gasteiger partial charge in [-0.2, -0.15) is 0 Å². The van der Waals surface area contributed by atoms with Crippen molar-refractivity contribution >= 4 is 33.4 Å². The van der Waals surface area contributed by atoms with Gasteiger partial charge in [0.15, 0.2) is 6.61 Å². The molecule has 3 aliphatic carbocycles. The van der Waals surface area contributed by atoms with E-state index in [2.05, 4.69) is 18.3 Å². The van der Waals surface area contributed by atoms with Crippen molar-refractivity contribution < 1.29 is 14.3 Å². The number of thiazole rings is 1. The number of aromatic nitrogens is 1. The van der Waals surface area contributed by atoms with Crippen molar-refractivity contribution in [2.24, 2.45) is 23.7 Å². The molecule has 2 aromatic rings. The average Bonchev–Trinajstić information content (AvgIpc) is 3.52. The van der Waals surface area contributed by atoms with Gasteiger partial charge in [0.05, 0.1) is 21.1 Å². The van der Waals surface area contributed by atoms with Gasteiger partial charge in [-0.1, -0.05) is 31.4 Å². The Labute approximate surface area is 188 Å². The number of rotatable bonds is 6. The molecule has 6 unspecified atom stereocenters. The van der Waals surface area contributed by atoms with Crippen molar-refractivity contribution in [1.29, 1.82) is 0 Å². The zero-order valence-corrected chi connectivity index (χ0v) is 19.0. The van der Waals surface area contributed by atoms with E-state index in [0.717, 1.165) is 52.7 Å². The van der Waals surface area contributed by atoms with E-state index in [9.17, 15) is 9.59 Å². The van der Waals surface area contributed by atoms with E-state index in [1.165, 1.54) is 25.7 Å². The molecule has 1 aromatic carbocycles. The van der Waals surface area contributed by atoms with Gasteiger partial charge in [-0.15, -0.1) is 11.3 Å². The number of para-hydroxylation sites is 1. The molecule has 3 aliphatic rings. The Balaban J connectivity index is 1.17. The van der Waals surface area contributed by atoms with Gasteiger partial charge in [0.2, 0.25) is 0 Å². The first kappa shape index (κ1) is 20.9. The fourth-order valence-corrected chi connectivity index (χ4v) is 7.48. The summed E-state index contributed by atoms with van der Waals surface area (Å²) >= 11 is 1.68. The smallest absolute Gasteiger partial charge is 0.310 e. The van der Waals surface area contributed by atoms with Crippen molar-refractivity contribution in [3.8, 4) is 0 Å². The van der Waals surface area contributed by atoms with E-state index < -0.39 is 0 Å². The minimum atomic E-state index is -0.244. The summed E-state index contributed by atoms with van der Waals surface area (Å²) < 4.78 is 6.68. The molecule has 1 heterocycles. The van der Waals surface area contributed by atoms with Gasteiger partial charge < -0.3 is 10.1 Å². The van der Waals surface area contributed by atoms with E-state index >= 15 is 0 Å². The number of nitrogens with zero attached hydrogens (tertiary/aromatic N) is 1. The van der Waals surface area contributed by atoms with Crippen LogP contribution in [0.3, 0.4) is 0 Å². The molecule has 3 fully saturated rings. The van der Waals surface area contributed by atoms with Gasteiger partial charge >= 0.3 is 5.97 Å². The van der Waals surface area contributed by atoms with Crippen LogP contribution in [0.1, 0.15) is 69.2 Å². The molecule has 1 aromatic heterocycles. The maximum Gasteiger partial charge on any atom is 0.310 e. The molecule has 31 heavy (non-hydrogen) atoms. The number of carbonyl (C=O) groups is 2. The lowest BCUT2D eigenvalue weighted by atomic mass is 9.79. The summed E-state index contributed by atoms with van der Waals surface area (Å²) in [6.45, 7) is 1.93. The third kappa shape index (κ3) is 4.36. The van der Waals surface area contributed by atoms with E-state index in [0.29, 0.717) is 5.92 Å².